The summed E-state index contributed by atoms with van der Waals surface area (Å²) in [5.74, 6) is -3.18. The van der Waals surface area contributed by atoms with E-state index in [1.807, 2.05) is 26.8 Å². The number of hydrogen-bond donors (Lipinski definition) is 1. The molecule has 0 bridgehead atoms. The van der Waals surface area contributed by atoms with Crippen LogP contribution in [0.2, 0.25) is 0 Å². The number of carbonyl (C=O) groups excluding carboxylic acids is 1. The van der Waals surface area contributed by atoms with E-state index in [0.717, 1.165) is 16.8 Å². The number of rotatable bonds is 6. The molecule has 2 heterocycles. The number of nitrogens with zero attached hydrogens (tertiary/aromatic N) is 3. The molecule has 1 N–H and O–H groups in total. The molecular weight excluding hydrogens is 455 g/mol. The summed E-state index contributed by atoms with van der Waals surface area (Å²) in [5, 5.41) is 28.2. The normalized spacial score (nSPS) is 17.6. The second-order valence-electron chi connectivity index (χ2n) is 7.69. The van der Waals surface area contributed by atoms with Crippen LogP contribution in [-0.2, 0) is 14.3 Å². The standard InChI is InChI=1S/C25H23FN4O3S/c1-5-32-25(31)22-20(12-34-24-18(10-27)14(3)13(2)15(4)30-24)33-23(29)19(11-28)21(22)16-6-8-17(26)9-7-16/h6-9,19,21,29H,5,12H2,1-4H3. The minimum atomic E-state index is -1.09. The van der Waals surface area contributed by atoms with E-state index in [-0.39, 0.29) is 29.6 Å². The highest BCUT2D eigenvalue weighted by molar-refractivity contribution is 7.99. The van der Waals surface area contributed by atoms with Crippen LogP contribution in [0.4, 0.5) is 4.39 Å². The number of aryl methyl sites for hydroxylation is 1. The highest BCUT2D eigenvalue weighted by Gasteiger charge is 2.42. The first-order valence-electron chi connectivity index (χ1n) is 10.6. The molecule has 2 unspecified atom stereocenters. The van der Waals surface area contributed by atoms with Crippen molar-refractivity contribution in [2.45, 2.75) is 38.6 Å². The second kappa shape index (κ2) is 10.5. The number of carbonyl (C=O) groups is 1. The van der Waals surface area contributed by atoms with Gasteiger partial charge in [0.05, 0.1) is 29.6 Å². The van der Waals surface area contributed by atoms with Crippen LogP contribution in [-0.4, -0.2) is 29.2 Å². The second-order valence-corrected chi connectivity index (χ2v) is 8.65. The molecule has 1 aromatic heterocycles. The van der Waals surface area contributed by atoms with Crippen molar-refractivity contribution in [2.75, 3.05) is 12.4 Å². The Morgan fingerprint density at radius 2 is 1.91 bits per heavy atom. The number of pyridine rings is 1. The Morgan fingerprint density at radius 3 is 2.50 bits per heavy atom. The summed E-state index contributed by atoms with van der Waals surface area (Å²) in [6.07, 6.45) is 0. The lowest BCUT2D eigenvalue weighted by atomic mass is 9.78. The molecule has 0 fully saturated rings. The predicted octanol–water partition coefficient (Wildman–Crippen LogP) is 4.86. The molecule has 34 heavy (non-hydrogen) atoms. The summed E-state index contributed by atoms with van der Waals surface area (Å²) in [7, 11) is 0. The first-order chi connectivity index (χ1) is 16.2. The number of benzene rings is 1. The Balaban J connectivity index is 2.12. The van der Waals surface area contributed by atoms with E-state index in [0.29, 0.717) is 16.2 Å². The van der Waals surface area contributed by atoms with Crippen molar-refractivity contribution in [3.05, 3.63) is 69.4 Å². The molecule has 0 radical (unpaired) electrons. The van der Waals surface area contributed by atoms with E-state index in [4.69, 9.17) is 14.9 Å². The molecule has 2 atom stereocenters. The molecule has 174 valence electrons. The Bertz CT molecular complexity index is 1260. The molecule has 0 aliphatic carbocycles. The summed E-state index contributed by atoms with van der Waals surface area (Å²) < 4.78 is 24.5. The van der Waals surface area contributed by atoms with Crippen LogP contribution < -0.4 is 0 Å². The fourth-order valence-electron chi connectivity index (χ4n) is 3.74. The van der Waals surface area contributed by atoms with E-state index in [1.165, 1.54) is 36.0 Å². The summed E-state index contributed by atoms with van der Waals surface area (Å²) >= 11 is 1.20. The van der Waals surface area contributed by atoms with Crippen LogP contribution in [0.15, 0.2) is 40.6 Å². The van der Waals surface area contributed by atoms with Gasteiger partial charge in [0.2, 0.25) is 5.90 Å². The minimum Gasteiger partial charge on any atom is -0.463 e. The van der Waals surface area contributed by atoms with Crippen LogP contribution in [0.5, 0.6) is 0 Å². The predicted molar refractivity (Wildman–Crippen MR) is 125 cm³/mol. The summed E-state index contributed by atoms with van der Waals surface area (Å²) in [6.45, 7) is 7.37. The van der Waals surface area contributed by atoms with E-state index in [9.17, 15) is 19.7 Å². The first kappa shape index (κ1) is 24.9. The van der Waals surface area contributed by atoms with Crippen molar-refractivity contribution in [2.24, 2.45) is 5.92 Å². The van der Waals surface area contributed by atoms with Gasteiger partial charge in [0, 0.05) is 11.6 Å². The lowest BCUT2D eigenvalue weighted by Gasteiger charge is -2.31. The largest absolute Gasteiger partial charge is 0.463 e. The van der Waals surface area contributed by atoms with Crippen LogP contribution in [0.3, 0.4) is 0 Å². The lowest BCUT2D eigenvalue weighted by Crippen LogP contribution is -2.34. The van der Waals surface area contributed by atoms with Crippen molar-refractivity contribution in [3.63, 3.8) is 0 Å². The molecular formula is C25H23FN4O3S. The van der Waals surface area contributed by atoms with Gasteiger partial charge in [0.15, 0.2) is 0 Å². The molecule has 0 spiro atoms. The van der Waals surface area contributed by atoms with Crippen molar-refractivity contribution < 1.29 is 18.7 Å². The van der Waals surface area contributed by atoms with Crippen molar-refractivity contribution in [1.29, 1.82) is 15.9 Å². The van der Waals surface area contributed by atoms with Crippen molar-refractivity contribution >= 4 is 23.6 Å². The SMILES string of the molecule is CCOC(=O)C1=C(CSc2nc(C)c(C)c(C)c2C#N)OC(=N)C(C#N)C1c1ccc(F)cc1. The van der Waals surface area contributed by atoms with Gasteiger partial charge >= 0.3 is 5.97 Å². The van der Waals surface area contributed by atoms with Gasteiger partial charge in [0.1, 0.15) is 28.6 Å². The van der Waals surface area contributed by atoms with Gasteiger partial charge < -0.3 is 9.47 Å². The summed E-state index contributed by atoms with van der Waals surface area (Å²) in [5.41, 5.74) is 3.55. The monoisotopic (exact) mass is 478 g/mol. The van der Waals surface area contributed by atoms with Crippen LogP contribution in [0, 0.1) is 60.6 Å². The molecule has 1 aliphatic heterocycles. The van der Waals surface area contributed by atoms with Gasteiger partial charge in [-0.25, -0.2) is 14.2 Å². The van der Waals surface area contributed by atoms with Gasteiger partial charge in [-0.2, -0.15) is 10.5 Å². The van der Waals surface area contributed by atoms with Gasteiger partial charge in [-0.1, -0.05) is 23.9 Å². The number of nitriles is 2. The zero-order valence-corrected chi connectivity index (χ0v) is 20.0. The number of thioether (sulfide) groups is 1. The number of aromatic nitrogens is 1. The molecule has 9 heteroatoms. The van der Waals surface area contributed by atoms with E-state index in [1.54, 1.807) is 6.92 Å². The number of hydrogen-bond acceptors (Lipinski definition) is 8. The molecule has 1 aromatic carbocycles. The molecule has 1 aliphatic rings. The third kappa shape index (κ3) is 4.80. The smallest absolute Gasteiger partial charge is 0.338 e. The Labute approximate surface area is 201 Å². The van der Waals surface area contributed by atoms with Crippen molar-refractivity contribution in [1.82, 2.24) is 4.98 Å². The van der Waals surface area contributed by atoms with Gasteiger partial charge in [-0.05, 0) is 56.5 Å². The zero-order chi connectivity index (χ0) is 25.0. The fourth-order valence-corrected chi connectivity index (χ4v) is 4.77. The Kier molecular flexibility index (Phi) is 7.70. The lowest BCUT2D eigenvalue weighted by molar-refractivity contribution is -0.139. The van der Waals surface area contributed by atoms with Crippen LogP contribution in [0.25, 0.3) is 0 Å². The van der Waals surface area contributed by atoms with Crippen LogP contribution in [0.1, 0.15) is 40.8 Å². The van der Waals surface area contributed by atoms with E-state index >= 15 is 0 Å². The third-order valence-corrected chi connectivity index (χ3v) is 6.71. The highest BCUT2D eigenvalue weighted by Crippen LogP contribution is 2.41. The molecule has 2 aromatic rings. The molecule has 0 saturated heterocycles. The summed E-state index contributed by atoms with van der Waals surface area (Å²) in [6, 6.07) is 9.65. The highest BCUT2D eigenvalue weighted by atomic mass is 32.2. The van der Waals surface area contributed by atoms with Gasteiger partial charge in [0.25, 0.3) is 0 Å². The molecule has 0 saturated carbocycles. The van der Waals surface area contributed by atoms with Crippen molar-refractivity contribution in [3.8, 4) is 12.1 Å². The Morgan fingerprint density at radius 1 is 1.24 bits per heavy atom. The van der Waals surface area contributed by atoms with Gasteiger partial charge in [-0.15, -0.1) is 0 Å². The molecule has 7 nitrogen and oxygen atoms in total. The van der Waals surface area contributed by atoms with Crippen LogP contribution >= 0.6 is 11.8 Å². The average molecular weight is 479 g/mol. The number of esters is 1. The maximum Gasteiger partial charge on any atom is 0.338 e. The topological polar surface area (TPSA) is 120 Å². The molecule has 0 amide bonds. The summed E-state index contributed by atoms with van der Waals surface area (Å²) in [4.78, 5) is 17.6. The third-order valence-electron chi connectivity index (χ3n) is 5.74. The molecule has 3 rings (SSSR count). The Hall–Kier alpha value is -3.69. The average Bonchev–Trinajstić information content (AvgIpc) is 2.81. The van der Waals surface area contributed by atoms with Gasteiger partial charge in [-0.3, -0.25) is 5.41 Å². The number of ether oxygens (including phenoxy) is 2. The maximum atomic E-state index is 13.6. The zero-order valence-electron chi connectivity index (χ0n) is 19.2. The minimum absolute atomic E-state index is 0.0794. The fraction of sp³-hybridized carbons (Fsp3) is 0.320. The van der Waals surface area contributed by atoms with E-state index < -0.39 is 23.6 Å². The first-order valence-corrected chi connectivity index (χ1v) is 11.5. The number of nitrogens with one attached hydrogen (secondary N) is 1. The maximum absolute atomic E-state index is 13.6. The number of halogens is 1. The van der Waals surface area contributed by atoms with E-state index in [2.05, 4.69) is 11.1 Å². The quantitative estimate of drug-likeness (QED) is 0.465.